The molecule has 2 heterocycles. The number of thiocarbonyl (C=S) groups is 1. The smallest absolute Gasteiger partial charge is 0.243 e. The standard InChI is InChI=1S/C11H15N3O3S2/c1-11(4-6-17-7-11)14-19(15,16)8-3-2-5-13-9(8)10(12)18/h2-3,5,14H,4,6-7H2,1H3,(H2,12,18). The van der Waals surface area contributed by atoms with Crippen molar-refractivity contribution in [1.29, 1.82) is 0 Å². The van der Waals surface area contributed by atoms with Gasteiger partial charge in [0.05, 0.1) is 12.1 Å². The van der Waals surface area contributed by atoms with Crippen molar-refractivity contribution < 1.29 is 13.2 Å². The molecule has 1 saturated heterocycles. The Bertz CT molecular complexity index is 595. The molecular weight excluding hydrogens is 286 g/mol. The Morgan fingerprint density at radius 2 is 2.37 bits per heavy atom. The van der Waals surface area contributed by atoms with Crippen LogP contribution in [0.2, 0.25) is 0 Å². The first-order valence-electron chi connectivity index (χ1n) is 5.71. The molecule has 0 saturated carbocycles. The van der Waals surface area contributed by atoms with Crippen molar-refractivity contribution in [2.75, 3.05) is 13.2 Å². The molecule has 3 N–H and O–H groups in total. The lowest BCUT2D eigenvalue weighted by molar-refractivity contribution is 0.178. The lowest BCUT2D eigenvalue weighted by atomic mass is 10.0. The molecular formula is C11H15N3O3S2. The van der Waals surface area contributed by atoms with Crippen LogP contribution in [0.3, 0.4) is 0 Å². The Labute approximate surface area is 117 Å². The highest BCUT2D eigenvalue weighted by Crippen LogP contribution is 2.22. The van der Waals surface area contributed by atoms with E-state index in [2.05, 4.69) is 9.71 Å². The van der Waals surface area contributed by atoms with Gasteiger partial charge in [-0.05, 0) is 25.5 Å². The van der Waals surface area contributed by atoms with Gasteiger partial charge in [0.25, 0.3) is 0 Å². The summed E-state index contributed by atoms with van der Waals surface area (Å²) >= 11 is 4.83. The average molecular weight is 301 g/mol. The largest absolute Gasteiger partial charge is 0.388 e. The summed E-state index contributed by atoms with van der Waals surface area (Å²) in [5, 5.41) is 0. The summed E-state index contributed by atoms with van der Waals surface area (Å²) in [5.74, 6) is 0. The molecule has 1 fully saturated rings. The maximum absolute atomic E-state index is 12.4. The Balaban J connectivity index is 2.37. The number of nitrogens with two attached hydrogens (primary N) is 1. The highest BCUT2D eigenvalue weighted by molar-refractivity contribution is 7.89. The van der Waals surface area contributed by atoms with Crippen molar-refractivity contribution in [2.45, 2.75) is 23.8 Å². The number of hydrogen-bond acceptors (Lipinski definition) is 5. The molecule has 0 aliphatic carbocycles. The molecule has 0 spiro atoms. The van der Waals surface area contributed by atoms with Gasteiger partial charge in [-0.2, -0.15) is 0 Å². The van der Waals surface area contributed by atoms with Crippen LogP contribution in [0.25, 0.3) is 0 Å². The van der Waals surface area contributed by atoms with Crippen LogP contribution in [0.1, 0.15) is 19.0 Å². The van der Waals surface area contributed by atoms with Crippen molar-refractivity contribution in [3.8, 4) is 0 Å². The molecule has 1 unspecified atom stereocenters. The number of nitrogens with zero attached hydrogens (tertiary/aromatic N) is 1. The van der Waals surface area contributed by atoms with Gasteiger partial charge in [-0.1, -0.05) is 12.2 Å². The predicted molar refractivity (Wildman–Crippen MR) is 74.3 cm³/mol. The number of rotatable bonds is 4. The summed E-state index contributed by atoms with van der Waals surface area (Å²) < 4.78 is 32.7. The molecule has 0 radical (unpaired) electrons. The fourth-order valence-corrected chi connectivity index (χ4v) is 3.74. The van der Waals surface area contributed by atoms with E-state index in [1.54, 1.807) is 6.92 Å². The molecule has 19 heavy (non-hydrogen) atoms. The second-order valence-corrected chi connectivity index (χ2v) is 6.77. The summed E-state index contributed by atoms with van der Waals surface area (Å²) in [6.45, 7) is 2.68. The van der Waals surface area contributed by atoms with Crippen molar-refractivity contribution >= 4 is 27.2 Å². The molecule has 0 amide bonds. The maximum atomic E-state index is 12.4. The Morgan fingerprint density at radius 1 is 1.63 bits per heavy atom. The fourth-order valence-electron chi connectivity index (χ4n) is 1.92. The second-order valence-electron chi connectivity index (χ2n) is 4.68. The number of ether oxygens (including phenoxy) is 1. The van der Waals surface area contributed by atoms with Gasteiger partial charge >= 0.3 is 0 Å². The molecule has 0 bridgehead atoms. The monoisotopic (exact) mass is 301 g/mol. The zero-order valence-corrected chi connectivity index (χ0v) is 12.1. The van der Waals surface area contributed by atoms with E-state index in [9.17, 15) is 8.42 Å². The van der Waals surface area contributed by atoms with E-state index in [1.807, 2.05) is 0 Å². The number of pyridine rings is 1. The lowest BCUT2D eigenvalue weighted by Crippen LogP contribution is -2.46. The van der Waals surface area contributed by atoms with E-state index in [-0.39, 0.29) is 15.6 Å². The average Bonchev–Trinajstić information content (AvgIpc) is 2.74. The zero-order valence-electron chi connectivity index (χ0n) is 10.4. The van der Waals surface area contributed by atoms with E-state index >= 15 is 0 Å². The second kappa shape index (κ2) is 5.12. The van der Waals surface area contributed by atoms with Gasteiger partial charge in [0.2, 0.25) is 10.0 Å². The van der Waals surface area contributed by atoms with Gasteiger partial charge in [-0.15, -0.1) is 0 Å². The highest BCUT2D eigenvalue weighted by atomic mass is 32.2. The third kappa shape index (κ3) is 3.08. The minimum atomic E-state index is -3.74. The maximum Gasteiger partial charge on any atom is 0.243 e. The van der Waals surface area contributed by atoms with Gasteiger partial charge in [0.1, 0.15) is 15.6 Å². The van der Waals surface area contributed by atoms with Gasteiger partial charge < -0.3 is 10.5 Å². The van der Waals surface area contributed by atoms with Crippen LogP contribution in [-0.2, 0) is 14.8 Å². The van der Waals surface area contributed by atoms with Crippen molar-refractivity contribution in [2.24, 2.45) is 5.73 Å². The molecule has 104 valence electrons. The number of nitrogens with one attached hydrogen (secondary N) is 1. The first-order valence-corrected chi connectivity index (χ1v) is 7.60. The van der Waals surface area contributed by atoms with Crippen molar-refractivity contribution in [3.05, 3.63) is 24.0 Å². The Kier molecular flexibility index (Phi) is 3.86. The van der Waals surface area contributed by atoms with Crippen LogP contribution in [0.5, 0.6) is 0 Å². The third-order valence-electron chi connectivity index (χ3n) is 2.89. The highest BCUT2D eigenvalue weighted by Gasteiger charge is 2.35. The molecule has 2 rings (SSSR count). The summed E-state index contributed by atoms with van der Waals surface area (Å²) in [6.07, 6.45) is 2.07. The molecule has 8 heteroatoms. The number of sulfonamides is 1. The van der Waals surface area contributed by atoms with E-state index in [4.69, 9.17) is 22.7 Å². The fraction of sp³-hybridized carbons (Fsp3) is 0.455. The summed E-state index contributed by atoms with van der Waals surface area (Å²) in [7, 11) is -3.74. The van der Waals surface area contributed by atoms with Crippen LogP contribution < -0.4 is 10.5 Å². The first-order chi connectivity index (χ1) is 8.84. The van der Waals surface area contributed by atoms with Crippen LogP contribution in [-0.4, -0.2) is 37.1 Å². The van der Waals surface area contributed by atoms with Crippen molar-refractivity contribution in [3.63, 3.8) is 0 Å². The molecule has 1 aliphatic rings. The predicted octanol–water partition coefficient (Wildman–Crippen LogP) is 0.173. The van der Waals surface area contributed by atoms with E-state index < -0.39 is 15.6 Å². The van der Waals surface area contributed by atoms with E-state index in [1.165, 1.54) is 18.3 Å². The van der Waals surface area contributed by atoms with Gasteiger partial charge in [-0.3, -0.25) is 4.98 Å². The van der Waals surface area contributed by atoms with Crippen LogP contribution in [0.15, 0.2) is 23.2 Å². The van der Waals surface area contributed by atoms with E-state index in [0.29, 0.717) is 19.6 Å². The van der Waals surface area contributed by atoms with Gasteiger partial charge in [-0.25, -0.2) is 13.1 Å². The molecule has 1 aromatic rings. The SMILES string of the molecule is CC1(NS(=O)(=O)c2cccnc2C(N)=S)CCOC1. The number of aromatic nitrogens is 1. The number of hydrogen-bond donors (Lipinski definition) is 2. The minimum Gasteiger partial charge on any atom is -0.388 e. The van der Waals surface area contributed by atoms with E-state index in [0.717, 1.165) is 0 Å². The summed E-state index contributed by atoms with van der Waals surface area (Å²) in [5.41, 5.74) is 5.00. The van der Waals surface area contributed by atoms with Crippen LogP contribution >= 0.6 is 12.2 Å². The molecule has 1 atom stereocenters. The molecule has 1 aromatic heterocycles. The quantitative estimate of drug-likeness (QED) is 0.770. The molecule has 0 aromatic carbocycles. The Morgan fingerprint density at radius 3 is 2.95 bits per heavy atom. The zero-order chi connectivity index (χ0) is 14.1. The molecule has 1 aliphatic heterocycles. The normalized spacial score (nSPS) is 23.4. The van der Waals surface area contributed by atoms with Gasteiger partial charge in [0.15, 0.2) is 0 Å². The van der Waals surface area contributed by atoms with Crippen LogP contribution in [0, 0.1) is 0 Å². The summed E-state index contributed by atoms with van der Waals surface area (Å²) in [6, 6.07) is 2.97. The minimum absolute atomic E-state index is 0.00405. The topological polar surface area (TPSA) is 94.3 Å². The Hall–Kier alpha value is -1.09. The molecule has 6 nitrogen and oxygen atoms in total. The van der Waals surface area contributed by atoms with Gasteiger partial charge in [0, 0.05) is 12.8 Å². The lowest BCUT2D eigenvalue weighted by Gasteiger charge is -2.23. The van der Waals surface area contributed by atoms with Crippen LogP contribution in [0.4, 0.5) is 0 Å². The summed E-state index contributed by atoms with van der Waals surface area (Å²) in [4.78, 5) is 3.87. The van der Waals surface area contributed by atoms with Crippen molar-refractivity contribution in [1.82, 2.24) is 9.71 Å². The third-order valence-corrected chi connectivity index (χ3v) is 4.76. The first kappa shape index (κ1) is 14.3.